The summed E-state index contributed by atoms with van der Waals surface area (Å²) in [7, 11) is 0. The number of amides is 1. The fourth-order valence-corrected chi connectivity index (χ4v) is 3.15. The summed E-state index contributed by atoms with van der Waals surface area (Å²) in [5.74, 6) is -8.12. The molecule has 0 saturated heterocycles. The highest BCUT2D eigenvalue weighted by atomic mass is 35.5. The quantitative estimate of drug-likeness (QED) is 0.341. The molecule has 0 fully saturated rings. The number of alkyl halides is 1. The van der Waals surface area contributed by atoms with Crippen LogP contribution < -0.4 is 4.90 Å². The molecule has 0 saturated carbocycles. The Morgan fingerprint density at radius 3 is 2.59 bits per heavy atom. The maximum atomic E-state index is 14.1. The molecule has 4 nitrogen and oxygen atoms in total. The Balaban J connectivity index is 2.12. The van der Waals surface area contributed by atoms with Crippen molar-refractivity contribution in [1.82, 2.24) is 4.98 Å². The van der Waals surface area contributed by atoms with Gasteiger partial charge in [0.1, 0.15) is 17.8 Å². The normalized spacial score (nSPS) is 12.6. The van der Waals surface area contributed by atoms with E-state index >= 15 is 0 Å². The van der Waals surface area contributed by atoms with Crippen LogP contribution in [0, 0.1) is 34.6 Å². The van der Waals surface area contributed by atoms with Gasteiger partial charge in [-0.25, -0.2) is 22.5 Å². The van der Waals surface area contributed by atoms with Crippen molar-refractivity contribution in [1.29, 1.82) is 5.26 Å². The lowest BCUT2D eigenvalue weighted by Gasteiger charge is -2.23. The zero-order valence-corrected chi connectivity index (χ0v) is 14.6. The van der Waals surface area contributed by atoms with Crippen LogP contribution in [0.15, 0.2) is 12.1 Å². The van der Waals surface area contributed by atoms with Crippen LogP contribution in [0.2, 0.25) is 0 Å². The molecule has 0 aliphatic heterocycles. The summed E-state index contributed by atoms with van der Waals surface area (Å²) in [5, 5.41) is 9.39. The number of carbonyl (C=O) groups excluding carboxylic acids is 1. The Bertz CT molecular complexity index is 974. The molecule has 1 aliphatic carbocycles. The minimum atomic E-state index is -1.85. The van der Waals surface area contributed by atoms with Crippen molar-refractivity contribution in [3.63, 3.8) is 0 Å². The van der Waals surface area contributed by atoms with E-state index in [2.05, 4.69) is 4.98 Å². The maximum absolute atomic E-state index is 14.1. The van der Waals surface area contributed by atoms with Crippen LogP contribution in [0.5, 0.6) is 0 Å². The largest absolute Gasteiger partial charge is 0.290 e. The topological polar surface area (TPSA) is 57.0 Å². The van der Waals surface area contributed by atoms with Gasteiger partial charge in [0, 0.05) is 17.3 Å². The summed E-state index contributed by atoms with van der Waals surface area (Å²) in [6.45, 7) is -0.791. The number of benzene rings is 1. The molecule has 1 aromatic heterocycles. The van der Waals surface area contributed by atoms with E-state index in [9.17, 15) is 27.6 Å². The number of nitriles is 1. The molecular weight excluding hydrogens is 386 g/mol. The fourth-order valence-electron chi connectivity index (χ4n) is 3.01. The minimum absolute atomic E-state index is 0.0255. The van der Waals surface area contributed by atoms with Gasteiger partial charge in [0.2, 0.25) is 5.91 Å². The van der Waals surface area contributed by atoms with E-state index in [-0.39, 0.29) is 17.4 Å². The Morgan fingerprint density at radius 1 is 1.19 bits per heavy atom. The molecule has 140 valence electrons. The number of aromatic nitrogens is 1. The van der Waals surface area contributed by atoms with Crippen molar-refractivity contribution in [2.24, 2.45) is 0 Å². The van der Waals surface area contributed by atoms with Crippen LogP contribution in [-0.4, -0.2) is 16.8 Å². The van der Waals surface area contributed by atoms with Crippen molar-refractivity contribution in [3.05, 3.63) is 57.8 Å². The summed E-state index contributed by atoms with van der Waals surface area (Å²) in [6.07, 6.45) is 2.19. The lowest BCUT2D eigenvalue weighted by Crippen LogP contribution is -2.34. The standard InChI is InChI=1S/C18H12ClF4N3O/c19-6-15(27)26(8-11-12(20)5-13(21)17(23)16(11)22)18-10(7-24)4-9-2-1-3-14(9)25-18/h4-5H,1-3,6,8H2. The summed E-state index contributed by atoms with van der Waals surface area (Å²) in [4.78, 5) is 17.4. The fraction of sp³-hybridized carbons (Fsp3) is 0.278. The second-order valence-corrected chi connectivity index (χ2v) is 6.26. The highest BCUT2D eigenvalue weighted by Crippen LogP contribution is 2.29. The predicted molar refractivity (Wildman–Crippen MR) is 89.2 cm³/mol. The predicted octanol–water partition coefficient (Wildman–Crippen LogP) is 3.77. The molecule has 2 aromatic rings. The lowest BCUT2D eigenvalue weighted by molar-refractivity contribution is -0.116. The first-order valence-electron chi connectivity index (χ1n) is 7.98. The summed E-state index contributed by atoms with van der Waals surface area (Å²) >= 11 is 5.59. The molecule has 27 heavy (non-hydrogen) atoms. The van der Waals surface area contributed by atoms with Crippen molar-refractivity contribution in [2.75, 3.05) is 10.8 Å². The molecule has 1 amide bonds. The van der Waals surface area contributed by atoms with E-state index in [1.54, 1.807) is 6.07 Å². The second kappa shape index (κ2) is 7.53. The number of pyridine rings is 1. The van der Waals surface area contributed by atoms with Gasteiger partial charge in [-0.1, -0.05) is 0 Å². The average molecular weight is 398 g/mol. The van der Waals surface area contributed by atoms with Crippen molar-refractivity contribution in [3.8, 4) is 6.07 Å². The van der Waals surface area contributed by atoms with Crippen molar-refractivity contribution < 1.29 is 22.4 Å². The first kappa shape index (κ1) is 19.1. The van der Waals surface area contributed by atoms with Gasteiger partial charge in [0.25, 0.3) is 0 Å². The van der Waals surface area contributed by atoms with E-state index < -0.39 is 47.2 Å². The van der Waals surface area contributed by atoms with Gasteiger partial charge in [0.15, 0.2) is 23.3 Å². The summed E-state index contributed by atoms with van der Waals surface area (Å²) in [5.41, 5.74) is 0.692. The van der Waals surface area contributed by atoms with Crippen LogP contribution >= 0.6 is 11.6 Å². The Labute approximate surface area is 157 Å². The van der Waals surface area contributed by atoms with Crippen LogP contribution in [0.4, 0.5) is 23.4 Å². The number of rotatable bonds is 4. The molecule has 0 radical (unpaired) electrons. The maximum Gasteiger partial charge on any atom is 0.243 e. The van der Waals surface area contributed by atoms with Gasteiger partial charge >= 0.3 is 0 Å². The number of anilines is 1. The van der Waals surface area contributed by atoms with Gasteiger partial charge in [-0.05, 0) is 30.9 Å². The number of carbonyl (C=O) groups is 1. The van der Waals surface area contributed by atoms with E-state index in [1.165, 1.54) is 0 Å². The number of hydrogen-bond acceptors (Lipinski definition) is 3. The number of fused-ring (bicyclic) bond motifs is 1. The van der Waals surface area contributed by atoms with Crippen LogP contribution in [0.3, 0.4) is 0 Å². The zero-order valence-electron chi connectivity index (χ0n) is 13.8. The van der Waals surface area contributed by atoms with E-state index in [0.717, 1.165) is 23.3 Å². The van der Waals surface area contributed by atoms with Gasteiger partial charge in [-0.3, -0.25) is 9.69 Å². The van der Waals surface area contributed by atoms with Crippen LogP contribution in [0.1, 0.15) is 28.8 Å². The van der Waals surface area contributed by atoms with Gasteiger partial charge in [-0.15, -0.1) is 11.6 Å². The van der Waals surface area contributed by atoms with Crippen LogP contribution in [-0.2, 0) is 24.2 Å². The molecule has 0 atom stereocenters. The number of hydrogen-bond donors (Lipinski definition) is 0. The molecule has 0 unspecified atom stereocenters. The lowest BCUT2D eigenvalue weighted by atomic mass is 10.1. The summed E-state index contributed by atoms with van der Waals surface area (Å²) < 4.78 is 54.8. The van der Waals surface area contributed by atoms with Crippen LogP contribution in [0.25, 0.3) is 0 Å². The second-order valence-electron chi connectivity index (χ2n) is 5.99. The summed E-state index contributed by atoms with van der Waals surface area (Å²) in [6, 6.07) is 3.66. The molecule has 0 bridgehead atoms. The van der Waals surface area contributed by atoms with E-state index in [4.69, 9.17) is 11.6 Å². The third kappa shape index (κ3) is 3.47. The van der Waals surface area contributed by atoms with Crippen molar-refractivity contribution >= 4 is 23.3 Å². The van der Waals surface area contributed by atoms with Gasteiger partial charge in [0.05, 0.1) is 12.1 Å². The SMILES string of the molecule is N#Cc1cc2c(nc1N(Cc1c(F)cc(F)c(F)c1F)C(=O)CCl)CCC2. The van der Waals surface area contributed by atoms with E-state index in [1.807, 2.05) is 6.07 Å². The van der Waals surface area contributed by atoms with E-state index in [0.29, 0.717) is 12.1 Å². The van der Waals surface area contributed by atoms with Gasteiger partial charge < -0.3 is 0 Å². The molecule has 3 rings (SSSR count). The first-order valence-corrected chi connectivity index (χ1v) is 8.52. The first-order chi connectivity index (χ1) is 12.9. The number of halogens is 5. The Hall–Kier alpha value is -2.66. The molecule has 1 aliphatic rings. The highest BCUT2D eigenvalue weighted by Gasteiger charge is 2.28. The van der Waals surface area contributed by atoms with Crippen molar-refractivity contribution in [2.45, 2.75) is 25.8 Å². The molecule has 0 spiro atoms. The molecule has 0 N–H and O–H groups in total. The zero-order chi connectivity index (χ0) is 19.7. The minimum Gasteiger partial charge on any atom is -0.290 e. The Morgan fingerprint density at radius 2 is 1.93 bits per heavy atom. The average Bonchev–Trinajstić information content (AvgIpc) is 3.12. The molecule has 1 aromatic carbocycles. The smallest absolute Gasteiger partial charge is 0.243 e. The monoisotopic (exact) mass is 397 g/mol. The number of nitrogens with zero attached hydrogens (tertiary/aromatic N) is 3. The highest BCUT2D eigenvalue weighted by molar-refractivity contribution is 6.29. The Kier molecular flexibility index (Phi) is 5.33. The number of aryl methyl sites for hydroxylation is 2. The molecule has 1 heterocycles. The molecular formula is C18H12ClF4N3O. The van der Waals surface area contributed by atoms with Gasteiger partial charge in [-0.2, -0.15) is 5.26 Å². The molecule has 9 heteroatoms. The third-order valence-corrected chi connectivity index (χ3v) is 4.58. The third-order valence-electron chi connectivity index (χ3n) is 4.35.